The van der Waals surface area contributed by atoms with Crippen molar-refractivity contribution in [2.75, 3.05) is 6.54 Å². The number of carbonyl (C=O) groups excluding carboxylic acids is 1. The molecule has 0 radical (unpaired) electrons. The summed E-state index contributed by atoms with van der Waals surface area (Å²) in [7, 11) is 0. The van der Waals surface area contributed by atoms with Crippen LogP contribution in [0.15, 0.2) is 35.1 Å². The molecule has 1 aliphatic heterocycles. The molecule has 0 aliphatic carbocycles. The number of aromatic nitrogens is 5. The van der Waals surface area contributed by atoms with E-state index in [9.17, 15) is 4.79 Å². The van der Waals surface area contributed by atoms with E-state index in [0.717, 1.165) is 19.4 Å². The fourth-order valence-electron chi connectivity index (χ4n) is 3.32. The third-order valence-electron chi connectivity index (χ3n) is 4.68. The minimum absolute atomic E-state index is 0.118. The van der Waals surface area contributed by atoms with Crippen LogP contribution in [0.25, 0.3) is 11.6 Å². The van der Waals surface area contributed by atoms with E-state index in [2.05, 4.69) is 56.5 Å². The van der Waals surface area contributed by atoms with Crippen LogP contribution in [0.5, 0.6) is 0 Å². The smallest absolute Gasteiger partial charge is 0.239 e. The van der Waals surface area contributed by atoms with Crippen LogP contribution in [0, 0.1) is 6.92 Å². The maximum absolute atomic E-state index is 12.7. The average molecular weight is 352 g/mol. The van der Waals surface area contributed by atoms with Crippen molar-refractivity contribution in [1.29, 1.82) is 0 Å². The van der Waals surface area contributed by atoms with Crippen molar-refractivity contribution in [3.8, 4) is 11.6 Å². The maximum atomic E-state index is 12.7. The Balaban J connectivity index is 1.39. The molecule has 1 aliphatic rings. The monoisotopic (exact) mass is 352 g/mol. The summed E-state index contributed by atoms with van der Waals surface area (Å²) in [6.45, 7) is 2.86. The molecule has 4 rings (SSSR count). The van der Waals surface area contributed by atoms with Gasteiger partial charge in [-0.05, 0) is 25.3 Å². The Morgan fingerprint density at radius 3 is 2.96 bits per heavy atom. The predicted octanol–water partition coefficient (Wildman–Crippen LogP) is 2.46. The third-order valence-corrected chi connectivity index (χ3v) is 4.68. The molecular formula is C18H20N6O2. The van der Waals surface area contributed by atoms with E-state index < -0.39 is 0 Å². The van der Waals surface area contributed by atoms with Crippen LogP contribution in [0.2, 0.25) is 0 Å². The normalized spacial score (nSPS) is 17.0. The van der Waals surface area contributed by atoms with Gasteiger partial charge in [0.2, 0.25) is 17.6 Å². The van der Waals surface area contributed by atoms with E-state index in [1.165, 1.54) is 17.5 Å². The van der Waals surface area contributed by atoms with Crippen LogP contribution in [0.3, 0.4) is 0 Å². The lowest BCUT2D eigenvalue weighted by atomic mass is 10.0. The molecule has 26 heavy (non-hydrogen) atoms. The van der Waals surface area contributed by atoms with Crippen molar-refractivity contribution in [3.05, 3.63) is 47.6 Å². The molecule has 134 valence electrons. The average Bonchev–Trinajstić information content (AvgIpc) is 3.40. The Labute approximate surface area is 150 Å². The van der Waals surface area contributed by atoms with Crippen LogP contribution < -0.4 is 0 Å². The number of rotatable bonds is 5. The van der Waals surface area contributed by atoms with Gasteiger partial charge in [-0.25, -0.2) is 4.98 Å². The lowest BCUT2D eigenvalue weighted by molar-refractivity contribution is -0.132. The van der Waals surface area contributed by atoms with Gasteiger partial charge in [0.05, 0.1) is 6.04 Å². The molecule has 1 atom stereocenters. The van der Waals surface area contributed by atoms with E-state index in [1.54, 1.807) is 0 Å². The summed E-state index contributed by atoms with van der Waals surface area (Å²) in [5.41, 5.74) is 2.43. The third kappa shape index (κ3) is 3.35. The van der Waals surface area contributed by atoms with E-state index in [1.807, 2.05) is 4.90 Å². The van der Waals surface area contributed by atoms with E-state index in [0.29, 0.717) is 30.4 Å². The zero-order valence-electron chi connectivity index (χ0n) is 14.6. The molecule has 0 bridgehead atoms. The number of aromatic amines is 1. The van der Waals surface area contributed by atoms with Crippen molar-refractivity contribution in [1.82, 2.24) is 30.2 Å². The minimum Gasteiger partial charge on any atom is -0.339 e. The number of benzene rings is 1. The first-order chi connectivity index (χ1) is 12.7. The summed E-state index contributed by atoms with van der Waals surface area (Å²) in [6, 6.07) is 8.59. The molecule has 1 aromatic carbocycles. The van der Waals surface area contributed by atoms with Gasteiger partial charge in [-0.15, -0.1) is 0 Å². The molecule has 2 aromatic heterocycles. The highest BCUT2D eigenvalue weighted by atomic mass is 16.5. The van der Waals surface area contributed by atoms with Gasteiger partial charge in [0.15, 0.2) is 5.82 Å². The highest BCUT2D eigenvalue weighted by molar-refractivity contribution is 5.77. The second kappa shape index (κ2) is 7.07. The van der Waals surface area contributed by atoms with Crippen molar-refractivity contribution in [2.24, 2.45) is 0 Å². The van der Waals surface area contributed by atoms with Crippen molar-refractivity contribution < 1.29 is 9.32 Å². The first-order valence-corrected chi connectivity index (χ1v) is 8.75. The molecular weight excluding hydrogens is 332 g/mol. The molecule has 1 N–H and O–H groups in total. The van der Waals surface area contributed by atoms with Gasteiger partial charge in [0.25, 0.3) is 0 Å². The SMILES string of the molecule is Cc1ccc(C2CCCN2C(=O)CCc2nc(-c3ncn[nH]3)no2)cc1. The molecule has 3 aromatic rings. The van der Waals surface area contributed by atoms with Crippen LogP contribution in [0.1, 0.15) is 42.3 Å². The number of carbonyl (C=O) groups is 1. The van der Waals surface area contributed by atoms with Gasteiger partial charge in [-0.1, -0.05) is 35.0 Å². The summed E-state index contributed by atoms with van der Waals surface area (Å²) in [6.07, 6.45) is 4.18. The topological polar surface area (TPSA) is 101 Å². The summed E-state index contributed by atoms with van der Waals surface area (Å²) in [5.74, 6) is 1.34. The lowest BCUT2D eigenvalue weighted by Gasteiger charge is -2.25. The Morgan fingerprint density at radius 1 is 1.35 bits per heavy atom. The lowest BCUT2D eigenvalue weighted by Crippen LogP contribution is -2.30. The van der Waals surface area contributed by atoms with Gasteiger partial charge in [-0.2, -0.15) is 10.1 Å². The number of nitrogens with zero attached hydrogens (tertiary/aromatic N) is 5. The largest absolute Gasteiger partial charge is 0.339 e. The molecule has 1 fully saturated rings. The van der Waals surface area contributed by atoms with Gasteiger partial charge < -0.3 is 9.42 Å². The molecule has 1 amide bonds. The minimum atomic E-state index is 0.118. The van der Waals surface area contributed by atoms with Crippen LogP contribution in [-0.2, 0) is 11.2 Å². The number of aryl methyl sites for hydroxylation is 2. The molecule has 0 saturated carbocycles. The van der Waals surface area contributed by atoms with Crippen molar-refractivity contribution >= 4 is 5.91 Å². The second-order valence-corrected chi connectivity index (χ2v) is 6.50. The summed E-state index contributed by atoms with van der Waals surface area (Å²) in [4.78, 5) is 22.9. The highest BCUT2D eigenvalue weighted by Crippen LogP contribution is 2.32. The quantitative estimate of drug-likeness (QED) is 0.757. The second-order valence-electron chi connectivity index (χ2n) is 6.50. The van der Waals surface area contributed by atoms with E-state index in [-0.39, 0.29) is 11.9 Å². The maximum Gasteiger partial charge on any atom is 0.239 e. The fourth-order valence-corrected chi connectivity index (χ4v) is 3.32. The first-order valence-electron chi connectivity index (χ1n) is 8.75. The number of H-pyrrole nitrogens is 1. The fraction of sp³-hybridized carbons (Fsp3) is 0.389. The van der Waals surface area contributed by atoms with E-state index in [4.69, 9.17) is 4.52 Å². The number of nitrogens with one attached hydrogen (secondary N) is 1. The molecule has 0 spiro atoms. The summed E-state index contributed by atoms with van der Waals surface area (Å²) in [5, 5.41) is 10.3. The molecule has 8 heteroatoms. The molecule has 1 unspecified atom stereocenters. The number of likely N-dealkylation sites (tertiary alicyclic amines) is 1. The van der Waals surface area contributed by atoms with E-state index >= 15 is 0 Å². The predicted molar refractivity (Wildman–Crippen MR) is 92.9 cm³/mol. The van der Waals surface area contributed by atoms with Gasteiger partial charge >= 0.3 is 0 Å². The van der Waals surface area contributed by atoms with Gasteiger partial charge in [0.1, 0.15) is 6.33 Å². The van der Waals surface area contributed by atoms with Gasteiger partial charge in [-0.3, -0.25) is 9.89 Å². The van der Waals surface area contributed by atoms with Crippen LogP contribution >= 0.6 is 0 Å². The number of hydrogen-bond donors (Lipinski definition) is 1. The highest BCUT2D eigenvalue weighted by Gasteiger charge is 2.29. The van der Waals surface area contributed by atoms with Crippen LogP contribution in [-0.4, -0.2) is 42.7 Å². The Kier molecular flexibility index (Phi) is 4.47. The standard InChI is InChI=1S/C18H20N6O2/c1-12-4-6-13(7-5-12)14-3-2-10-24(14)16(25)9-8-15-21-18(23-26-15)17-19-11-20-22-17/h4-7,11,14H,2-3,8-10H2,1H3,(H,19,20,22). The van der Waals surface area contributed by atoms with Gasteiger partial charge in [0, 0.05) is 19.4 Å². The Hall–Kier alpha value is -3.03. The molecule has 1 saturated heterocycles. The summed E-state index contributed by atoms with van der Waals surface area (Å²) >= 11 is 0. The van der Waals surface area contributed by atoms with Crippen molar-refractivity contribution in [3.63, 3.8) is 0 Å². The Bertz CT molecular complexity index is 871. The molecule has 3 heterocycles. The Morgan fingerprint density at radius 2 is 2.19 bits per heavy atom. The first kappa shape index (κ1) is 16.4. The zero-order chi connectivity index (χ0) is 17.9. The number of hydrogen-bond acceptors (Lipinski definition) is 6. The van der Waals surface area contributed by atoms with Crippen LogP contribution in [0.4, 0.5) is 0 Å². The van der Waals surface area contributed by atoms with Crippen molar-refractivity contribution in [2.45, 2.75) is 38.6 Å². The zero-order valence-corrected chi connectivity index (χ0v) is 14.6. The molecule has 8 nitrogen and oxygen atoms in total. The summed E-state index contributed by atoms with van der Waals surface area (Å²) < 4.78 is 5.21. The number of amides is 1.